The first kappa shape index (κ1) is 17.5. The number of carbonyl (C=O) groups excluding carboxylic acids is 2. The van der Waals surface area contributed by atoms with E-state index in [1.165, 1.54) is 24.6 Å². The second-order valence-corrected chi connectivity index (χ2v) is 7.40. The van der Waals surface area contributed by atoms with E-state index in [1.807, 2.05) is 24.4 Å². The summed E-state index contributed by atoms with van der Waals surface area (Å²) in [7, 11) is 0. The fourth-order valence-corrected chi connectivity index (χ4v) is 3.71. The van der Waals surface area contributed by atoms with Gasteiger partial charge < -0.3 is 9.88 Å². The van der Waals surface area contributed by atoms with Gasteiger partial charge in [0.25, 0.3) is 5.91 Å². The monoisotopic (exact) mass is 377 g/mol. The van der Waals surface area contributed by atoms with E-state index in [2.05, 4.69) is 14.9 Å². The molecule has 0 spiro atoms. The number of benzene rings is 2. The number of hydrogen-bond acceptors (Lipinski definition) is 4. The number of nitrogens with zero attached hydrogens (tertiary/aromatic N) is 2. The smallest absolute Gasteiger partial charge is 0.255 e. The highest BCUT2D eigenvalue weighted by Crippen LogP contribution is 2.37. The van der Waals surface area contributed by atoms with E-state index in [4.69, 9.17) is 0 Å². The first-order valence-corrected chi connectivity index (χ1v) is 9.84. The van der Waals surface area contributed by atoms with Crippen molar-refractivity contribution in [2.45, 2.75) is 24.0 Å². The zero-order valence-corrected chi connectivity index (χ0v) is 15.5. The largest absolute Gasteiger partial charge is 0.323 e. The molecule has 0 saturated heterocycles. The zero-order chi connectivity index (χ0) is 18.6. The summed E-state index contributed by atoms with van der Waals surface area (Å²) < 4.78 is 2.15. The lowest BCUT2D eigenvalue weighted by molar-refractivity contribution is 0.101. The minimum Gasteiger partial charge on any atom is -0.323 e. The van der Waals surface area contributed by atoms with Crippen LogP contribution in [-0.2, 0) is 0 Å². The maximum atomic E-state index is 12.4. The Balaban J connectivity index is 1.34. The number of nitrogens with one attached hydrogen (secondary N) is 1. The fourth-order valence-electron chi connectivity index (χ4n) is 2.79. The second-order valence-electron chi connectivity index (χ2n) is 6.46. The molecule has 6 heteroatoms. The van der Waals surface area contributed by atoms with Crippen LogP contribution in [0, 0.1) is 0 Å². The molecule has 27 heavy (non-hydrogen) atoms. The highest BCUT2D eigenvalue weighted by atomic mass is 32.2. The Labute approximate surface area is 161 Å². The fraction of sp³-hybridized carbons (Fsp3) is 0.190. The lowest BCUT2D eigenvalue weighted by Gasteiger charge is -2.07. The number of amides is 1. The van der Waals surface area contributed by atoms with Gasteiger partial charge >= 0.3 is 0 Å². The van der Waals surface area contributed by atoms with Gasteiger partial charge in [-0.25, -0.2) is 4.98 Å². The van der Waals surface area contributed by atoms with Crippen LogP contribution in [0.15, 0.2) is 72.1 Å². The number of carbonyl (C=O) groups is 2. The van der Waals surface area contributed by atoms with Crippen molar-refractivity contribution in [1.82, 2.24) is 9.55 Å². The third-order valence-corrected chi connectivity index (χ3v) is 5.39. The SMILES string of the molecule is O=C(CSc1nccn1C1CC1)c1ccc(NC(=O)c2ccccc2)cc1. The van der Waals surface area contributed by atoms with E-state index in [1.54, 1.807) is 42.6 Å². The summed E-state index contributed by atoms with van der Waals surface area (Å²) in [6.07, 6.45) is 6.14. The molecule has 1 saturated carbocycles. The second kappa shape index (κ2) is 7.80. The summed E-state index contributed by atoms with van der Waals surface area (Å²) in [6, 6.07) is 16.6. The Hall–Kier alpha value is -2.86. The Morgan fingerprint density at radius 3 is 2.48 bits per heavy atom. The quantitative estimate of drug-likeness (QED) is 0.488. The molecule has 4 rings (SSSR count). The van der Waals surface area contributed by atoms with Crippen LogP contribution in [0.25, 0.3) is 0 Å². The Morgan fingerprint density at radius 2 is 1.78 bits per heavy atom. The number of rotatable bonds is 7. The lowest BCUT2D eigenvalue weighted by Crippen LogP contribution is -2.12. The van der Waals surface area contributed by atoms with Crippen LogP contribution in [-0.4, -0.2) is 27.0 Å². The molecule has 2 aromatic carbocycles. The molecule has 1 heterocycles. The van der Waals surface area contributed by atoms with E-state index in [9.17, 15) is 9.59 Å². The van der Waals surface area contributed by atoms with Gasteiger partial charge in [0, 0.05) is 35.2 Å². The van der Waals surface area contributed by atoms with Gasteiger partial charge in [0.2, 0.25) is 0 Å². The summed E-state index contributed by atoms with van der Waals surface area (Å²) in [4.78, 5) is 29.0. The minimum absolute atomic E-state index is 0.0475. The van der Waals surface area contributed by atoms with Crippen LogP contribution in [0.5, 0.6) is 0 Å². The van der Waals surface area contributed by atoms with Crippen molar-refractivity contribution in [2.24, 2.45) is 0 Å². The summed E-state index contributed by atoms with van der Waals surface area (Å²) in [5.41, 5.74) is 1.89. The van der Waals surface area contributed by atoms with E-state index >= 15 is 0 Å². The molecule has 1 N–H and O–H groups in total. The third kappa shape index (κ3) is 4.28. The Morgan fingerprint density at radius 1 is 1.04 bits per heavy atom. The van der Waals surface area contributed by atoms with Crippen molar-refractivity contribution >= 4 is 29.1 Å². The van der Waals surface area contributed by atoms with Gasteiger partial charge in [-0.15, -0.1) is 0 Å². The van der Waals surface area contributed by atoms with Crippen LogP contribution < -0.4 is 5.32 Å². The van der Waals surface area contributed by atoms with Gasteiger partial charge in [-0.1, -0.05) is 30.0 Å². The summed E-state index contributed by atoms with van der Waals surface area (Å²) >= 11 is 1.47. The molecule has 136 valence electrons. The number of hydrogen-bond donors (Lipinski definition) is 1. The van der Waals surface area contributed by atoms with Crippen molar-refractivity contribution in [1.29, 1.82) is 0 Å². The standard InChI is InChI=1S/C21H19N3O2S/c25-19(14-27-21-22-12-13-24(21)18-10-11-18)15-6-8-17(9-7-15)23-20(26)16-4-2-1-3-5-16/h1-9,12-13,18H,10-11,14H2,(H,23,26). The summed E-state index contributed by atoms with van der Waals surface area (Å²) in [5.74, 6) is 0.225. The molecule has 1 fully saturated rings. The average molecular weight is 377 g/mol. The highest BCUT2D eigenvalue weighted by Gasteiger charge is 2.25. The number of aromatic nitrogens is 2. The van der Waals surface area contributed by atoms with Gasteiger partial charge in [0.15, 0.2) is 10.9 Å². The molecule has 1 aliphatic carbocycles. The lowest BCUT2D eigenvalue weighted by atomic mass is 10.1. The number of thioether (sulfide) groups is 1. The molecular weight excluding hydrogens is 358 g/mol. The minimum atomic E-state index is -0.169. The van der Waals surface area contributed by atoms with Crippen LogP contribution in [0.4, 0.5) is 5.69 Å². The van der Waals surface area contributed by atoms with Gasteiger partial charge in [-0.2, -0.15) is 0 Å². The molecule has 0 radical (unpaired) electrons. The molecule has 0 atom stereocenters. The zero-order valence-electron chi connectivity index (χ0n) is 14.7. The Bertz CT molecular complexity index is 947. The maximum Gasteiger partial charge on any atom is 0.255 e. The first-order valence-electron chi connectivity index (χ1n) is 8.86. The predicted molar refractivity (Wildman–Crippen MR) is 106 cm³/mol. The van der Waals surface area contributed by atoms with Crippen molar-refractivity contribution in [3.05, 3.63) is 78.1 Å². The highest BCUT2D eigenvalue weighted by molar-refractivity contribution is 7.99. The van der Waals surface area contributed by atoms with Crippen LogP contribution in [0.3, 0.4) is 0 Å². The molecule has 1 aliphatic rings. The van der Waals surface area contributed by atoms with Crippen molar-refractivity contribution in [3.8, 4) is 0 Å². The topological polar surface area (TPSA) is 64.0 Å². The first-order chi connectivity index (χ1) is 13.2. The van der Waals surface area contributed by atoms with E-state index in [0.29, 0.717) is 28.6 Å². The molecular formula is C21H19N3O2S. The number of ketones is 1. The third-order valence-electron chi connectivity index (χ3n) is 4.41. The molecule has 5 nitrogen and oxygen atoms in total. The van der Waals surface area contributed by atoms with Crippen molar-refractivity contribution in [2.75, 3.05) is 11.1 Å². The van der Waals surface area contributed by atoms with Crippen LogP contribution >= 0.6 is 11.8 Å². The van der Waals surface area contributed by atoms with Crippen molar-refractivity contribution < 1.29 is 9.59 Å². The van der Waals surface area contributed by atoms with Gasteiger partial charge in [0.05, 0.1) is 5.75 Å². The van der Waals surface area contributed by atoms with Crippen molar-refractivity contribution in [3.63, 3.8) is 0 Å². The van der Waals surface area contributed by atoms with Crippen LogP contribution in [0.1, 0.15) is 39.6 Å². The van der Waals surface area contributed by atoms with E-state index in [-0.39, 0.29) is 11.7 Å². The normalized spacial score (nSPS) is 13.3. The average Bonchev–Trinajstić information content (AvgIpc) is 3.45. The number of imidazole rings is 1. The predicted octanol–water partition coefficient (Wildman–Crippen LogP) is 4.45. The van der Waals surface area contributed by atoms with Gasteiger partial charge in [0.1, 0.15) is 0 Å². The molecule has 0 bridgehead atoms. The van der Waals surface area contributed by atoms with Gasteiger partial charge in [-0.3, -0.25) is 9.59 Å². The molecule has 1 amide bonds. The summed E-state index contributed by atoms with van der Waals surface area (Å²) in [6.45, 7) is 0. The van der Waals surface area contributed by atoms with Gasteiger partial charge in [-0.05, 0) is 49.2 Å². The molecule has 0 unspecified atom stereocenters. The van der Waals surface area contributed by atoms with E-state index < -0.39 is 0 Å². The number of anilines is 1. The maximum absolute atomic E-state index is 12.4. The molecule has 1 aromatic heterocycles. The van der Waals surface area contributed by atoms with E-state index in [0.717, 1.165) is 5.16 Å². The molecule has 0 aliphatic heterocycles. The number of Topliss-reactive ketones (excluding diaryl/α,β-unsaturated/α-hetero) is 1. The summed E-state index contributed by atoms with van der Waals surface area (Å²) in [5, 5.41) is 3.74. The molecule has 3 aromatic rings. The Kier molecular flexibility index (Phi) is 5.07. The van der Waals surface area contributed by atoms with Crippen LogP contribution in [0.2, 0.25) is 0 Å².